The maximum Gasteiger partial charge on any atom is 0.324 e. The van der Waals surface area contributed by atoms with Gasteiger partial charge in [0.1, 0.15) is 5.54 Å². The first-order valence-corrected chi connectivity index (χ1v) is 7.22. The molecule has 122 valence electrons. The van der Waals surface area contributed by atoms with Gasteiger partial charge in [-0.1, -0.05) is 18.2 Å². The Morgan fingerprint density at radius 1 is 1.17 bits per heavy atom. The predicted molar refractivity (Wildman–Crippen MR) is 79.7 cm³/mol. The van der Waals surface area contributed by atoms with Crippen LogP contribution in [0.25, 0.3) is 0 Å². The predicted octanol–water partition coefficient (Wildman–Crippen LogP) is 0.309. The average Bonchev–Trinajstić information content (AvgIpc) is 3.17. The largest absolute Gasteiger partial charge is 0.481 e. The number of carbonyl (C=O) groups is 3. The Bertz CT molecular complexity index is 664. The Morgan fingerprint density at radius 2 is 1.83 bits per heavy atom. The molecule has 23 heavy (non-hydrogen) atoms. The summed E-state index contributed by atoms with van der Waals surface area (Å²) in [5.41, 5.74) is 4.87. The highest BCUT2D eigenvalue weighted by atomic mass is 16.4. The standard InChI is InChI=1S/C15H17N3O5/c16-15(13(21)22)6-8(9-10(11(9)15)12(19)20)18-14(23)17-7-4-2-1-3-5-7/h1-5,8-11H,6,16H2,(H,19,20)(H,21,22)(H2,17,18,23). The number of carboxylic acid groups (broad SMARTS) is 2. The quantitative estimate of drug-likeness (QED) is 0.540. The van der Waals surface area contributed by atoms with E-state index in [-0.39, 0.29) is 6.42 Å². The summed E-state index contributed by atoms with van der Waals surface area (Å²) in [5.74, 6) is -4.24. The number of amides is 2. The van der Waals surface area contributed by atoms with Crippen molar-refractivity contribution in [3.05, 3.63) is 30.3 Å². The fourth-order valence-corrected chi connectivity index (χ4v) is 3.69. The first-order chi connectivity index (χ1) is 10.8. The Kier molecular flexibility index (Phi) is 3.48. The van der Waals surface area contributed by atoms with E-state index in [1.165, 1.54) is 0 Å². The lowest BCUT2D eigenvalue weighted by Crippen LogP contribution is -2.52. The van der Waals surface area contributed by atoms with Crippen LogP contribution in [0.2, 0.25) is 0 Å². The maximum atomic E-state index is 12.0. The number of hydrogen-bond acceptors (Lipinski definition) is 4. The SMILES string of the molecule is NC1(C(=O)O)CC(NC(=O)Nc2ccccc2)C2C(C(=O)O)C21. The third-order valence-corrected chi connectivity index (χ3v) is 4.72. The zero-order valence-corrected chi connectivity index (χ0v) is 12.1. The molecule has 0 spiro atoms. The Balaban J connectivity index is 1.70. The number of urea groups is 1. The third kappa shape index (κ3) is 2.50. The molecular formula is C15H17N3O5. The summed E-state index contributed by atoms with van der Waals surface area (Å²) >= 11 is 0. The second kappa shape index (κ2) is 5.24. The van der Waals surface area contributed by atoms with Crippen LogP contribution in [-0.2, 0) is 9.59 Å². The average molecular weight is 319 g/mol. The number of hydrogen-bond donors (Lipinski definition) is 5. The van der Waals surface area contributed by atoms with Crippen LogP contribution in [0.1, 0.15) is 6.42 Å². The van der Waals surface area contributed by atoms with Gasteiger partial charge in [-0.25, -0.2) is 4.79 Å². The number of rotatable bonds is 4. The monoisotopic (exact) mass is 319 g/mol. The molecule has 0 radical (unpaired) electrons. The van der Waals surface area contributed by atoms with E-state index in [0.29, 0.717) is 5.69 Å². The number of carboxylic acids is 2. The van der Waals surface area contributed by atoms with Gasteiger partial charge in [-0.3, -0.25) is 9.59 Å². The van der Waals surface area contributed by atoms with Crippen LogP contribution >= 0.6 is 0 Å². The molecule has 2 fully saturated rings. The topological polar surface area (TPSA) is 142 Å². The molecule has 0 bridgehead atoms. The molecule has 5 atom stereocenters. The van der Waals surface area contributed by atoms with Crippen LogP contribution in [-0.4, -0.2) is 39.8 Å². The van der Waals surface area contributed by atoms with Crippen LogP contribution in [0, 0.1) is 17.8 Å². The van der Waals surface area contributed by atoms with Gasteiger partial charge in [-0.15, -0.1) is 0 Å². The number of carbonyl (C=O) groups excluding carboxylic acids is 1. The summed E-state index contributed by atoms with van der Waals surface area (Å²) in [7, 11) is 0. The molecular weight excluding hydrogens is 302 g/mol. The van der Waals surface area contributed by atoms with E-state index in [0.717, 1.165) is 0 Å². The van der Waals surface area contributed by atoms with Gasteiger partial charge in [0.25, 0.3) is 0 Å². The fourth-order valence-electron chi connectivity index (χ4n) is 3.69. The molecule has 2 amide bonds. The van der Waals surface area contributed by atoms with Crippen LogP contribution in [0.4, 0.5) is 10.5 Å². The van der Waals surface area contributed by atoms with Gasteiger partial charge >= 0.3 is 18.0 Å². The summed E-state index contributed by atoms with van der Waals surface area (Å²) in [6, 6.07) is 7.66. The van der Waals surface area contributed by atoms with Crippen LogP contribution in [0.3, 0.4) is 0 Å². The van der Waals surface area contributed by atoms with Crippen LogP contribution < -0.4 is 16.4 Å². The molecule has 0 aliphatic heterocycles. The summed E-state index contributed by atoms with van der Waals surface area (Å²) in [6.07, 6.45) is 0.0175. The van der Waals surface area contributed by atoms with Crippen molar-refractivity contribution in [2.45, 2.75) is 18.0 Å². The minimum atomic E-state index is -1.61. The van der Waals surface area contributed by atoms with Gasteiger partial charge in [0.05, 0.1) is 5.92 Å². The van der Waals surface area contributed by atoms with E-state index in [9.17, 15) is 24.6 Å². The summed E-state index contributed by atoms with van der Waals surface area (Å²) in [5, 5.41) is 23.8. The first-order valence-electron chi connectivity index (χ1n) is 7.22. The van der Waals surface area contributed by atoms with Crippen LogP contribution in [0.5, 0.6) is 0 Å². The highest BCUT2D eigenvalue weighted by Gasteiger charge is 2.74. The molecule has 6 N–H and O–H groups in total. The van der Waals surface area contributed by atoms with E-state index < -0.39 is 47.3 Å². The van der Waals surface area contributed by atoms with Gasteiger partial charge in [0.15, 0.2) is 0 Å². The second-order valence-electron chi connectivity index (χ2n) is 6.09. The van der Waals surface area contributed by atoms with Gasteiger partial charge in [-0.05, 0) is 24.5 Å². The van der Waals surface area contributed by atoms with Crippen molar-refractivity contribution in [2.75, 3.05) is 5.32 Å². The maximum absolute atomic E-state index is 12.0. The number of nitrogens with two attached hydrogens (primary N) is 1. The number of benzene rings is 1. The number of nitrogens with one attached hydrogen (secondary N) is 2. The van der Waals surface area contributed by atoms with Gasteiger partial charge in [0.2, 0.25) is 0 Å². The summed E-state index contributed by atoms with van der Waals surface area (Å²) in [6.45, 7) is 0. The lowest BCUT2D eigenvalue weighted by molar-refractivity contribution is -0.145. The minimum Gasteiger partial charge on any atom is -0.481 e. The molecule has 2 aliphatic rings. The normalized spacial score (nSPS) is 34.3. The third-order valence-electron chi connectivity index (χ3n) is 4.72. The highest BCUT2D eigenvalue weighted by molar-refractivity contribution is 5.90. The molecule has 0 saturated heterocycles. The van der Waals surface area contributed by atoms with Crippen molar-refractivity contribution < 1.29 is 24.6 Å². The van der Waals surface area contributed by atoms with Crippen molar-refractivity contribution in [3.63, 3.8) is 0 Å². The minimum absolute atomic E-state index is 0.0175. The molecule has 3 rings (SSSR count). The zero-order chi connectivity index (χ0) is 16.8. The Morgan fingerprint density at radius 3 is 2.39 bits per heavy atom. The molecule has 8 nitrogen and oxygen atoms in total. The fraction of sp³-hybridized carbons (Fsp3) is 0.400. The van der Waals surface area contributed by atoms with E-state index in [1.807, 2.05) is 6.07 Å². The number of fused-ring (bicyclic) bond motifs is 1. The molecule has 1 aromatic rings. The smallest absolute Gasteiger partial charge is 0.324 e. The lowest BCUT2D eigenvalue weighted by Gasteiger charge is -2.25. The van der Waals surface area contributed by atoms with E-state index in [2.05, 4.69) is 10.6 Å². The molecule has 1 aromatic carbocycles. The van der Waals surface area contributed by atoms with Crippen molar-refractivity contribution in [2.24, 2.45) is 23.5 Å². The van der Waals surface area contributed by atoms with Crippen molar-refractivity contribution in [1.82, 2.24) is 5.32 Å². The molecule has 5 unspecified atom stereocenters. The highest BCUT2D eigenvalue weighted by Crippen LogP contribution is 2.61. The number of anilines is 1. The molecule has 2 aliphatic carbocycles. The van der Waals surface area contributed by atoms with Crippen molar-refractivity contribution in [3.8, 4) is 0 Å². The van der Waals surface area contributed by atoms with Gasteiger partial charge in [-0.2, -0.15) is 0 Å². The molecule has 0 aromatic heterocycles. The summed E-state index contributed by atoms with van der Waals surface area (Å²) < 4.78 is 0. The lowest BCUT2D eigenvalue weighted by atomic mass is 9.90. The number of para-hydroxylation sites is 1. The summed E-state index contributed by atoms with van der Waals surface area (Å²) in [4.78, 5) is 34.7. The second-order valence-corrected chi connectivity index (χ2v) is 6.09. The van der Waals surface area contributed by atoms with Crippen molar-refractivity contribution >= 4 is 23.7 Å². The molecule has 2 saturated carbocycles. The first kappa shape index (κ1) is 15.3. The number of aliphatic carboxylic acids is 2. The van der Waals surface area contributed by atoms with Gasteiger partial charge in [0, 0.05) is 17.6 Å². The van der Waals surface area contributed by atoms with Crippen LogP contribution in [0.15, 0.2) is 30.3 Å². The van der Waals surface area contributed by atoms with E-state index in [4.69, 9.17) is 5.73 Å². The van der Waals surface area contributed by atoms with E-state index in [1.54, 1.807) is 24.3 Å². The van der Waals surface area contributed by atoms with E-state index >= 15 is 0 Å². The zero-order valence-electron chi connectivity index (χ0n) is 12.1. The van der Waals surface area contributed by atoms with Crippen molar-refractivity contribution in [1.29, 1.82) is 0 Å². The molecule has 8 heteroatoms. The Hall–Kier alpha value is -2.61. The Labute approximate surface area is 131 Å². The molecule has 0 heterocycles. The van der Waals surface area contributed by atoms with Gasteiger partial charge < -0.3 is 26.6 Å².